The smallest absolute Gasteiger partial charge is 0.167 e. The number of rotatable bonds is 4. The summed E-state index contributed by atoms with van der Waals surface area (Å²) >= 11 is 3.36. The Morgan fingerprint density at radius 2 is 2.00 bits per heavy atom. The van der Waals surface area contributed by atoms with Crippen LogP contribution in [0.2, 0.25) is 0 Å². The first-order chi connectivity index (χ1) is 10.5. The van der Waals surface area contributed by atoms with Crippen LogP contribution in [-0.4, -0.2) is 16.5 Å². The Balaban J connectivity index is 2.11. The van der Waals surface area contributed by atoms with E-state index in [4.69, 9.17) is 14.0 Å². The molecule has 0 spiro atoms. The molecule has 2 unspecified atom stereocenters. The number of alkyl halides is 1. The first-order valence-electron chi connectivity index (χ1n) is 6.44. The molecule has 0 saturated heterocycles. The lowest BCUT2D eigenvalue weighted by molar-refractivity contribution is 0.415. The lowest BCUT2D eigenvalue weighted by atomic mass is 10.2. The molecule has 0 aliphatic heterocycles. The molecule has 1 N–H and O–H groups in total. The van der Waals surface area contributed by atoms with Gasteiger partial charge in [0.15, 0.2) is 5.58 Å². The van der Waals surface area contributed by atoms with E-state index in [1.807, 2.05) is 6.07 Å². The predicted octanol–water partition coefficient (Wildman–Crippen LogP) is 4.34. The Morgan fingerprint density at radius 3 is 2.68 bits per heavy atom. The van der Waals surface area contributed by atoms with Crippen molar-refractivity contribution in [3.8, 4) is 5.75 Å². The fourth-order valence-electron chi connectivity index (χ4n) is 2.13. The number of ether oxygens (including phenoxy) is 1. The van der Waals surface area contributed by atoms with E-state index in [0.29, 0.717) is 27.3 Å². The summed E-state index contributed by atoms with van der Waals surface area (Å²) in [5, 5.41) is 4.66. The maximum atomic E-state index is 12.9. The summed E-state index contributed by atoms with van der Waals surface area (Å²) in [5.74, 6) is 0.646. The summed E-state index contributed by atoms with van der Waals surface area (Å²) in [6, 6.07) is 13.9. The van der Waals surface area contributed by atoms with E-state index >= 15 is 0 Å². The van der Waals surface area contributed by atoms with Gasteiger partial charge in [-0.2, -0.15) is 0 Å². The Hall–Kier alpha value is -1.86. The normalized spacial score (nSPS) is 15.4. The second-order valence-electron chi connectivity index (χ2n) is 4.66. The first kappa shape index (κ1) is 15.1. The van der Waals surface area contributed by atoms with Crippen LogP contribution < -0.4 is 4.74 Å². The molecule has 0 fully saturated rings. The molecule has 5 nitrogen and oxygen atoms in total. The molecule has 0 bridgehead atoms. The SMILES string of the molecule is COc1ccc2onc(C(Br)S(=N)(=O)c3ccccc3)c2c1. The summed E-state index contributed by atoms with van der Waals surface area (Å²) in [7, 11) is -1.55. The van der Waals surface area contributed by atoms with Crippen LogP contribution in [0, 0.1) is 4.78 Å². The molecule has 1 heterocycles. The maximum absolute atomic E-state index is 12.9. The Kier molecular flexibility index (Phi) is 3.92. The van der Waals surface area contributed by atoms with Gasteiger partial charge in [0.05, 0.1) is 22.2 Å². The first-order valence-corrected chi connectivity index (χ1v) is 8.98. The Morgan fingerprint density at radius 1 is 1.27 bits per heavy atom. The number of halogens is 1. The monoisotopic (exact) mass is 380 g/mol. The largest absolute Gasteiger partial charge is 0.497 e. The number of fused-ring (bicyclic) bond motifs is 1. The van der Waals surface area contributed by atoms with Gasteiger partial charge in [-0.3, -0.25) is 0 Å². The lowest BCUT2D eigenvalue weighted by Gasteiger charge is -2.12. The quantitative estimate of drug-likeness (QED) is 0.683. The second kappa shape index (κ2) is 5.73. The van der Waals surface area contributed by atoms with E-state index in [1.165, 1.54) is 0 Å². The third-order valence-electron chi connectivity index (χ3n) is 3.30. The van der Waals surface area contributed by atoms with E-state index in [1.54, 1.807) is 49.6 Å². The van der Waals surface area contributed by atoms with Crippen molar-refractivity contribution in [1.82, 2.24) is 5.16 Å². The minimum Gasteiger partial charge on any atom is -0.497 e. The molecule has 7 heteroatoms. The molecule has 0 radical (unpaired) electrons. The topological polar surface area (TPSA) is 76.2 Å². The molecule has 0 saturated carbocycles. The van der Waals surface area contributed by atoms with Gasteiger partial charge in [-0.25, -0.2) is 8.99 Å². The molecule has 0 aliphatic rings. The van der Waals surface area contributed by atoms with Crippen LogP contribution in [0.4, 0.5) is 0 Å². The van der Waals surface area contributed by atoms with Crippen LogP contribution in [0.1, 0.15) is 9.85 Å². The average molecular weight is 381 g/mol. The molecule has 3 aromatic rings. The van der Waals surface area contributed by atoms with E-state index < -0.39 is 13.9 Å². The van der Waals surface area contributed by atoms with E-state index in [2.05, 4.69) is 21.1 Å². The molecule has 1 aromatic heterocycles. The average Bonchev–Trinajstić information content (AvgIpc) is 2.97. The Bertz CT molecular complexity index is 907. The number of hydrogen-bond acceptors (Lipinski definition) is 5. The molecule has 2 atom stereocenters. The van der Waals surface area contributed by atoms with Crippen molar-refractivity contribution in [3.05, 3.63) is 54.2 Å². The number of hydrogen-bond donors (Lipinski definition) is 1. The summed E-state index contributed by atoms with van der Waals surface area (Å²) in [5.41, 5.74) is 0.987. The zero-order chi connectivity index (χ0) is 15.7. The van der Waals surface area contributed by atoms with Gasteiger partial charge in [-0.15, -0.1) is 0 Å². The van der Waals surface area contributed by atoms with Crippen molar-refractivity contribution in [2.75, 3.05) is 7.11 Å². The minimum atomic E-state index is -3.12. The highest BCUT2D eigenvalue weighted by Crippen LogP contribution is 2.38. The van der Waals surface area contributed by atoms with E-state index in [0.717, 1.165) is 0 Å². The zero-order valence-corrected chi connectivity index (χ0v) is 14.1. The number of methoxy groups -OCH3 is 1. The molecule has 2 aromatic carbocycles. The molecule has 22 heavy (non-hydrogen) atoms. The molecule has 3 rings (SSSR count). The van der Waals surface area contributed by atoms with Gasteiger partial charge in [-0.1, -0.05) is 39.3 Å². The second-order valence-corrected chi connectivity index (χ2v) is 8.33. The molecular weight excluding hydrogens is 368 g/mol. The van der Waals surface area contributed by atoms with Crippen molar-refractivity contribution in [2.24, 2.45) is 0 Å². The third kappa shape index (κ3) is 2.50. The van der Waals surface area contributed by atoms with Gasteiger partial charge < -0.3 is 9.26 Å². The molecular formula is C15H13BrN2O3S. The number of aromatic nitrogens is 1. The van der Waals surface area contributed by atoms with Crippen LogP contribution in [0.5, 0.6) is 5.75 Å². The lowest BCUT2D eigenvalue weighted by Crippen LogP contribution is -2.07. The highest BCUT2D eigenvalue weighted by Gasteiger charge is 2.28. The predicted molar refractivity (Wildman–Crippen MR) is 87.8 cm³/mol. The van der Waals surface area contributed by atoms with Crippen LogP contribution in [0.25, 0.3) is 11.0 Å². The van der Waals surface area contributed by atoms with Gasteiger partial charge in [0, 0.05) is 4.90 Å². The number of benzene rings is 2. The maximum Gasteiger partial charge on any atom is 0.167 e. The van der Waals surface area contributed by atoms with Gasteiger partial charge in [-0.05, 0) is 30.3 Å². The van der Waals surface area contributed by atoms with E-state index in [-0.39, 0.29) is 0 Å². The standard InChI is InChI=1S/C15H13BrN2O3S/c1-20-10-7-8-13-12(9-10)14(18-21-13)15(16)22(17,19)11-5-3-2-4-6-11/h2-9,15,17H,1H3. The van der Waals surface area contributed by atoms with Crippen molar-refractivity contribution in [3.63, 3.8) is 0 Å². The van der Waals surface area contributed by atoms with Gasteiger partial charge in [0.2, 0.25) is 0 Å². The van der Waals surface area contributed by atoms with Gasteiger partial charge in [0.1, 0.15) is 15.6 Å². The summed E-state index contributed by atoms with van der Waals surface area (Å²) in [6.45, 7) is 0. The van der Waals surface area contributed by atoms with Crippen LogP contribution in [0.3, 0.4) is 0 Å². The van der Waals surface area contributed by atoms with Crippen molar-refractivity contribution >= 4 is 36.6 Å². The summed E-state index contributed by atoms with van der Waals surface area (Å²) in [4.78, 5) is 0.441. The van der Waals surface area contributed by atoms with E-state index in [9.17, 15) is 4.21 Å². The highest BCUT2D eigenvalue weighted by molar-refractivity contribution is 9.10. The molecule has 114 valence electrons. The Labute approximate surface area is 136 Å². The molecule has 0 amide bonds. The van der Waals surface area contributed by atoms with Crippen LogP contribution in [0.15, 0.2) is 57.9 Å². The summed E-state index contributed by atoms with van der Waals surface area (Å²) < 4.78 is 30.9. The van der Waals surface area contributed by atoms with Gasteiger partial charge in [0.25, 0.3) is 0 Å². The van der Waals surface area contributed by atoms with Crippen LogP contribution >= 0.6 is 15.9 Å². The van der Waals surface area contributed by atoms with Gasteiger partial charge >= 0.3 is 0 Å². The molecule has 0 aliphatic carbocycles. The fraction of sp³-hybridized carbons (Fsp3) is 0.133. The van der Waals surface area contributed by atoms with Crippen molar-refractivity contribution in [2.45, 2.75) is 9.05 Å². The number of nitrogens with one attached hydrogen (secondary N) is 1. The summed E-state index contributed by atoms with van der Waals surface area (Å²) in [6.07, 6.45) is 0. The fourth-order valence-corrected chi connectivity index (χ4v) is 4.39. The zero-order valence-electron chi connectivity index (χ0n) is 11.7. The van der Waals surface area contributed by atoms with Crippen LogP contribution in [-0.2, 0) is 9.73 Å². The third-order valence-corrected chi connectivity index (χ3v) is 7.10. The van der Waals surface area contributed by atoms with Crippen molar-refractivity contribution < 1.29 is 13.5 Å². The van der Waals surface area contributed by atoms with Crippen molar-refractivity contribution in [1.29, 1.82) is 4.78 Å². The number of nitrogens with zero attached hydrogens (tertiary/aromatic N) is 1. The minimum absolute atomic E-state index is 0.428. The highest BCUT2D eigenvalue weighted by atomic mass is 79.9.